The van der Waals surface area contributed by atoms with Crippen LogP contribution in [-0.4, -0.2) is 20.0 Å². The topological polar surface area (TPSA) is 51.2 Å². The molecule has 2 bridgehead atoms. The van der Waals surface area contributed by atoms with E-state index in [0.717, 1.165) is 12.8 Å². The maximum Gasteiger partial charge on any atom is 0.141 e. The van der Waals surface area contributed by atoms with Gasteiger partial charge < -0.3 is 0 Å². The summed E-state index contributed by atoms with van der Waals surface area (Å²) in [5.41, 5.74) is -0.660. The normalized spacial score (nSPS) is 39.6. The van der Waals surface area contributed by atoms with Crippen LogP contribution in [0.25, 0.3) is 0 Å². The highest BCUT2D eigenvalue weighted by atomic mass is 32.2. The Morgan fingerprint density at radius 2 is 2.07 bits per heavy atom. The van der Waals surface area contributed by atoms with E-state index >= 15 is 0 Å². The van der Waals surface area contributed by atoms with Crippen molar-refractivity contribution < 1.29 is 13.2 Å². The highest BCUT2D eigenvalue weighted by Crippen LogP contribution is 2.63. The highest BCUT2D eigenvalue weighted by molar-refractivity contribution is 7.72. The van der Waals surface area contributed by atoms with Gasteiger partial charge in [-0.25, -0.2) is 8.42 Å². The average molecular weight is 216 g/mol. The van der Waals surface area contributed by atoms with Crippen LogP contribution in [0.4, 0.5) is 0 Å². The van der Waals surface area contributed by atoms with Crippen LogP contribution in [0.15, 0.2) is 0 Å². The second-order valence-corrected chi connectivity index (χ2v) is 6.14. The Morgan fingerprint density at radius 3 is 2.43 bits per heavy atom. The molecule has 4 heteroatoms. The standard InChI is InChI=1S/C10H16O3S/c1-9(2)7-3-4-10(9,6-14(12)13)8(11)5-7/h7,14H,3-6H2,1-2H3/t7?,10-/m1/s1. The van der Waals surface area contributed by atoms with Gasteiger partial charge in [-0.2, -0.15) is 0 Å². The minimum absolute atomic E-state index is 0.0602. The molecule has 0 aliphatic heterocycles. The molecule has 80 valence electrons. The minimum Gasteiger partial charge on any atom is -0.299 e. The molecule has 2 rings (SSSR count). The van der Waals surface area contributed by atoms with Gasteiger partial charge in [0, 0.05) is 11.8 Å². The fourth-order valence-electron chi connectivity index (χ4n) is 3.36. The Hall–Kier alpha value is -0.380. The summed E-state index contributed by atoms with van der Waals surface area (Å²) >= 11 is 0. The lowest BCUT2D eigenvalue weighted by molar-refractivity contribution is -0.127. The van der Waals surface area contributed by atoms with Crippen molar-refractivity contribution in [2.75, 3.05) is 5.75 Å². The third-order valence-corrected chi connectivity index (χ3v) is 5.34. The second kappa shape index (κ2) is 2.81. The van der Waals surface area contributed by atoms with Gasteiger partial charge in [0.2, 0.25) is 0 Å². The van der Waals surface area contributed by atoms with Crippen LogP contribution in [-0.2, 0) is 15.5 Å². The zero-order chi connectivity index (χ0) is 10.6. The molecule has 0 radical (unpaired) electrons. The second-order valence-electron chi connectivity index (χ2n) is 5.16. The lowest BCUT2D eigenvalue weighted by Crippen LogP contribution is -2.39. The summed E-state index contributed by atoms with van der Waals surface area (Å²) in [5, 5.41) is 0. The van der Waals surface area contributed by atoms with Crippen LogP contribution >= 0.6 is 0 Å². The van der Waals surface area contributed by atoms with Crippen LogP contribution < -0.4 is 0 Å². The zero-order valence-electron chi connectivity index (χ0n) is 8.58. The van der Waals surface area contributed by atoms with E-state index in [4.69, 9.17) is 0 Å². The third kappa shape index (κ3) is 1.03. The van der Waals surface area contributed by atoms with Crippen LogP contribution in [0, 0.1) is 16.7 Å². The highest BCUT2D eigenvalue weighted by Gasteiger charge is 2.64. The number of hydrogen-bond donors (Lipinski definition) is 1. The molecule has 2 atom stereocenters. The molecular weight excluding hydrogens is 200 g/mol. The maximum atomic E-state index is 11.8. The molecule has 0 aromatic rings. The molecule has 2 aliphatic rings. The molecule has 2 fully saturated rings. The fraction of sp³-hybridized carbons (Fsp3) is 0.900. The van der Waals surface area contributed by atoms with Gasteiger partial charge in [-0.1, -0.05) is 13.8 Å². The molecule has 2 aliphatic carbocycles. The lowest BCUT2D eigenvalue weighted by atomic mass is 9.70. The van der Waals surface area contributed by atoms with Crippen molar-refractivity contribution in [3.8, 4) is 0 Å². The zero-order valence-corrected chi connectivity index (χ0v) is 9.47. The van der Waals surface area contributed by atoms with E-state index in [1.165, 1.54) is 0 Å². The summed E-state index contributed by atoms with van der Waals surface area (Å²) in [7, 11) is -2.45. The van der Waals surface area contributed by atoms with Gasteiger partial charge in [0.05, 0.1) is 5.75 Å². The van der Waals surface area contributed by atoms with Crippen molar-refractivity contribution in [2.45, 2.75) is 33.1 Å². The molecule has 14 heavy (non-hydrogen) atoms. The minimum atomic E-state index is -2.45. The molecule has 1 unspecified atom stereocenters. The monoisotopic (exact) mass is 216 g/mol. The number of ketones is 1. The van der Waals surface area contributed by atoms with Crippen molar-refractivity contribution in [2.24, 2.45) is 16.7 Å². The molecule has 0 amide bonds. The number of rotatable bonds is 2. The van der Waals surface area contributed by atoms with Crippen LogP contribution in [0.1, 0.15) is 33.1 Å². The molecule has 0 spiro atoms. The summed E-state index contributed by atoms with van der Waals surface area (Å²) in [6.07, 6.45) is 2.38. The van der Waals surface area contributed by atoms with Gasteiger partial charge in [0.15, 0.2) is 0 Å². The Morgan fingerprint density at radius 1 is 1.43 bits per heavy atom. The SMILES string of the molecule is CC1(C)C2CC[C@@]1(C[SH](=O)=O)C(=O)C2. The lowest BCUT2D eigenvalue weighted by Gasteiger charge is -2.34. The van der Waals surface area contributed by atoms with Gasteiger partial charge in [-0.15, -0.1) is 0 Å². The molecular formula is C10H16O3S. The maximum absolute atomic E-state index is 11.8. The van der Waals surface area contributed by atoms with Crippen molar-refractivity contribution in [1.82, 2.24) is 0 Å². The largest absolute Gasteiger partial charge is 0.299 e. The first-order valence-corrected chi connectivity index (χ1v) is 6.41. The van der Waals surface area contributed by atoms with Crippen LogP contribution in [0.2, 0.25) is 0 Å². The quantitative estimate of drug-likeness (QED) is 0.700. The molecule has 0 aromatic heterocycles. The molecule has 3 nitrogen and oxygen atoms in total. The summed E-state index contributed by atoms with van der Waals surface area (Å²) < 4.78 is 21.7. The Balaban J connectivity index is 2.44. The summed E-state index contributed by atoms with van der Waals surface area (Å²) in [6.45, 7) is 4.10. The van der Waals surface area contributed by atoms with Gasteiger partial charge in [-0.05, 0) is 24.2 Å². The number of Topliss-reactive ketones (excluding diaryl/α,β-unsaturated/α-hetero) is 1. The van der Waals surface area contributed by atoms with Crippen LogP contribution in [0.3, 0.4) is 0 Å². The van der Waals surface area contributed by atoms with E-state index in [2.05, 4.69) is 13.8 Å². The number of carbonyl (C=O) groups is 1. The van der Waals surface area contributed by atoms with Crippen LogP contribution in [0.5, 0.6) is 0 Å². The molecule has 0 heterocycles. The van der Waals surface area contributed by atoms with Crippen molar-refractivity contribution >= 4 is 16.5 Å². The van der Waals surface area contributed by atoms with Crippen molar-refractivity contribution in [3.63, 3.8) is 0 Å². The van der Waals surface area contributed by atoms with E-state index in [1.807, 2.05) is 0 Å². The van der Waals surface area contributed by atoms with Gasteiger partial charge >= 0.3 is 0 Å². The molecule has 0 aromatic carbocycles. The first-order valence-electron chi connectivity index (χ1n) is 5.05. The van der Waals surface area contributed by atoms with Crippen molar-refractivity contribution in [3.05, 3.63) is 0 Å². The Kier molecular flexibility index (Phi) is 2.04. The molecule has 2 saturated carbocycles. The van der Waals surface area contributed by atoms with Gasteiger partial charge in [-0.3, -0.25) is 4.79 Å². The fourth-order valence-corrected chi connectivity index (χ4v) is 4.54. The summed E-state index contributed by atoms with van der Waals surface area (Å²) in [6, 6.07) is 0. The first kappa shape index (κ1) is 10.1. The van der Waals surface area contributed by atoms with Crippen molar-refractivity contribution in [1.29, 1.82) is 0 Å². The van der Waals surface area contributed by atoms with E-state index in [9.17, 15) is 13.2 Å². The van der Waals surface area contributed by atoms with E-state index in [-0.39, 0.29) is 17.0 Å². The number of carbonyl (C=O) groups excluding carboxylic acids is 1. The smallest absolute Gasteiger partial charge is 0.141 e. The van der Waals surface area contributed by atoms with E-state index < -0.39 is 16.1 Å². The third-order valence-electron chi connectivity index (χ3n) is 4.54. The van der Waals surface area contributed by atoms with E-state index in [1.54, 1.807) is 0 Å². The summed E-state index contributed by atoms with van der Waals surface area (Å²) in [4.78, 5) is 11.8. The first-order chi connectivity index (χ1) is 6.40. The number of thiol groups is 1. The number of hydrogen-bond acceptors (Lipinski definition) is 3. The predicted octanol–water partition coefficient (Wildman–Crippen LogP) is 0.993. The predicted molar refractivity (Wildman–Crippen MR) is 53.7 cm³/mol. The number of fused-ring (bicyclic) bond motifs is 2. The molecule has 0 saturated heterocycles. The average Bonchev–Trinajstić information content (AvgIpc) is 2.36. The van der Waals surface area contributed by atoms with Gasteiger partial charge in [0.1, 0.15) is 16.5 Å². The molecule has 0 N–H and O–H groups in total. The Labute approximate surface area is 85.8 Å². The van der Waals surface area contributed by atoms with Gasteiger partial charge in [0.25, 0.3) is 0 Å². The Bertz CT molecular complexity index is 348. The summed E-state index contributed by atoms with van der Waals surface area (Å²) in [5.74, 6) is 0.646. The van der Waals surface area contributed by atoms with E-state index in [0.29, 0.717) is 12.3 Å².